The first-order valence-electron chi connectivity index (χ1n) is 12.5. The molecule has 4 aliphatic carbocycles. The number of fused-ring (bicyclic) bond motifs is 5. The summed E-state index contributed by atoms with van der Waals surface area (Å²) in [6.45, 7) is 9.88. The van der Waals surface area contributed by atoms with Crippen molar-refractivity contribution in [2.24, 2.45) is 52.3 Å². The first kappa shape index (κ1) is 21.7. The highest BCUT2D eigenvalue weighted by Crippen LogP contribution is 2.68. The molecule has 0 aromatic heterocycles. The standard InChI is InChI=1S/C26H44O3/c1-16-10-12-25(3)18(14-16)15-22(27)24-20-8-7-19(17(2)6-9-23(28)29-5)26(20,4)13-11-21(24)25/h16-22,24,27H,6-15H2,1-5H3/t16-,17-,18?,19-,20?,21?,22?,24?,25+,26-/m1/s1. The number of rotatable bonds is 4. The van der Waals surface area contributed by atoms with Crippen LogP contribution in [0.3, 0.4) is 0 Å². The van der Waals surface area contributed by atoms with Crippen molar-refractivity contribution in [2.45, 2.75) is 98.0 Å². The van der Waals surface area contributed by atoms with Crippen molar-refractivity contribution in [3.8, 4) is 0 Å². The van der Waals surface area contributed by atoms with Gasteiger partial charge < -0.3 is 9.84 Å². The molecule has 0 spiro atoms. The van der Waals surface area contributed by atoms with E-state index in [1.165, 1.54) is 52.1 Å². The van der Waals surface area contributed by atoms with Gasteiger partial charge in [0.15, 0.2) is 0 Å². The minimum Gasteiger partial charge on any atom is -0.469 e. The van der Waals surface area contributed by atoms with Crippen LogP contribution in [0.5, 0.6) is 0 Å². The Kier molecular flexibility index (Phi) is 5.86. The molecule has 0 aromatic carbocycles. The molecule has 4 fully saturated rings. The maximum Gasteiger partial charge on any atom is 0.305 e. The van der Waals surface area contributed by atoms with E-state index in [4.69, 9.17) is 4.74 Å². The zero-order valence-electron chi connectivity index (χ0n) is 19.5. The van der Waals surface area contributed by atoms with E-state index in [0.29, 0.717) is 46.8 Å². The number of methoxy groups -OCH3 is 1. The minimum absolute atomic E-state index is 0.0755. The van der Waals surface area contributed by atoms with Gasteiger partial charge in [-0.2, -0.15) is 0 Å². The molecule has 0 aromatic rings. The van der Waals surface area contributed by atoms with Crippen molar-refractivity contribution in [2.75, 3.05) is 7.11 Å². The molecule has 0 aliphatic heterocycles. The van der Waals surface area contributed by atoms with Crippen molar-refractivity contribution in [1.29, 1.82) is 0 Å². The number of aliphatic hydroxyl groups excluding tert-OH is 1. The van der Waals surface area contributed by atoms with Crippen LogP contribution in [0.4, 0.5) is 0 Å². The molecule has 1 N–H and O–H groups in total. The van der Waals surface area contributed by atoms with Gasteiger partial charge in [-0.05, 0) is 104 Å². The third kappa shape index (κ3) is 3.48. The predicted molar refractivity (Wildman–Crippen MR) is 116 cm³/mol. The van der Waals surface area contributed by atoms with Gasteiger partial charge in [-0.15, -0.1) is 0 Å². The fourth-order valence-corrected chi connectivity index (χ4v) is 9.06. The lowest BCUT2D eigenvalue weighted by Crippen LogP contribution is -2.58. The summed E-state index contributed by atoms with van der Waals surface area (Å²) in [6, 6.07) is 0. The second kappa shape index (κ2) is 7.84. The highest BCUT2D eigenvalue weighted by atomic mass is 16.5. The Labute approximate surface area is 178 Å². The van der Waals surface area contributed by atoms with Crippen LogP contribution in [0.25, 0.3) is 0 Å². The van der Waals surface area contributed by atoms with E-state index < -0.39 is 0 Å². The molecule has 10 atom stereocenters. The number of carbonyl (C=O) groups is 1. The van der Waals surface area contributed by atoms with E-state index in [-0.39, 0.29) is 12.1 Å². The van der Waals surface area contributed by atoms with Gasteiger partial charge in [0.05, 0.1) is 13.2 Å². The number of aliphatic hydroxyl groups is 1. The van der Waals surface area contributed by atoms with Gasteiger partial charge in [-0.3, -0.25) is 4.79 Å². The lowest BCUT2D eigenvalue weighted by Gasteiger charge is -2.62. The van der Waals surface area contributed by atoms with Crippen molar-refractivity contribution in [1.82, 2.24) is 0 Å². The largest absolute Gasteiger partial charge is 0.469 e. The van der Waals surface area contributed by atoms with Crippen LogP contribution in [0, 0.1) is 52.3 Å². The molecule has 5 unspecified atom stereocenters. The Hall–Kier alpha value is -0.570. The average Bonchev–Trinajstić information content (AvgIpc) is 3.04. The SMILES string of the molecule is COC(=O)CC[C@@H](C)[C@H]1CCC2C3C(O)CC4C[C@H](C)CC[C@]4(C)C3CC[C@@]21C. The lowest BCUT2D eigenvalue weighted by molar-refractivity contribution is -0.168. The molecule has 0 heterocycles. The maximum atomic E-state index is 11.7. The Morgan fingerprint density at radius 2 is 1.76 bits per heavy atom. The van der Waals surface area contributed by atoms with Gasteiger partial charge in [-0.1, -0.05) is 34.1 Å². The Balaban J connectivity index is 1.53. The number of hydrogen-bond donors (Lipinski definition) is 1. The molecule has 166 valence electrons. The summed E-state index contributed by atoms with van der Waals surface area (Å²) in [7, 11) is 1.49. The third-order valence-electron chi connectivity index (χ3n) is 10.7. The molecule has 4 aliphatic rings. The van der Waals surface area contributed by atoms with Crippen molar-refractivity contribution in [3.05, 3.63) is 0 Å². The van der Waals surface area contributed by atoms with E-state index >= 15 is 0 Å². The smallest absolute Gasteiger partial charge is 0.305 e. The minimum atomic E-state index is -0.0999. The predicted octanol–water partition coefficient (Wildman–Crippen LogP) is 5.84. The van der Waals surface area contributed by atoms with E-state index in [2.05, 4.69) is 27.7 Å². The number of ether oxygens (including phenoxy) is 1. The van der Waals surface area contributed by atoms with Crippen molar-refractivity contribution < 1.29 is 14.6 Å². The van der Waals surface area contributed by atoms with Gasteiger partial charge in [0.25, 0.3) is 0 Å². The summed E-state index contributed by atoms with van der Waals surface area (Å²) in [4.78, 5) is 11.7. The molecule has 3 heteroatoms. The zero-order valence-corrected chi connectivity index (χ0v) is 19.5. The van der Waals surface area contributed by atoms with Gasteiger partial charge in [-0.25, -0.2) is 0 Å². The summed E-state index contributed by atoms with van der Waals surface area (Å²) in [6.07, 6.45) is 11.7. The van der Waals surface area contributed by atoms with Crippen LogP contribution in [-0.4, -0.2) is 24.3 Å². The maximum absolute atomic E-state index is 11.7. The average molecular weight is 405 g/mol. The molecule has 0 saturated heterocycles. The van der Waals surface area contributed by atoms with Crippen LogP contribution in [0.1, 0.15) is 91.9 Å². The summed E-state index contributed by atoms with van der Waals surface area (Å²) in [5.41, 5.74) is 0.787. The third-order valence-corrected chi connectivity index (χ3v) is 10.7. The molecule has 4 rings (SSSR count). The van der Waals surface area contributed by atoms with Crippen LogP contribution in [0.2, 0.25) is 0 Å². The number of esters is 1. The van der Waals surface area contributed by atoms with E-state index in [1.807, 2.05) is 0 Å². The van der Waals surface area contributed by atoms with E-state index in [1.54, 1.807) is 0 Å². The van der Waals surface area contributed by atoms with Gasteiger partial charge in [0.1, 0.15) is 0 Å². The molecule has 3 nitrogen and oxygen atoms in total. The second-order valence-corrected chi connectivity index (χ2v) is 12.0. The molecule has 29 heavy (non-hydrogen) atoms. The highest BCUT2D eigenvalue weighted by Gasteiger charge is 2.62. The Morgan fingerprint density at radius 3 is 2.48 bits per heavy atom. The van der Waals surface area contributed by atoms with Crippen LogP contribution in [0.15, 0.2) is 0 Å². The molecular weight excluding hydrogens is 360 g/mol. The summed E-state index contributed by atoms with van der Waals surface area (Å²) < 4.78 is 4.88. The normalized spacial score (nSPS) is 50.2. The van der Waals surface area contributed by atoms with Crippen LogP contribution in [-0.2, 0) is 9.53 Å². The molecular formula is C26H44O3. The molecule has 0 bridgehead atoms. The van der Waals surface area contributed by atoms with Gasteiger partial charge in [0, 0.05) is 6.42 Å². The van der Waals surface area contributed by atoms with Crippen molar-refractivity contribution >= 4 is 5.97 Å². The van der Waals surface area contributed by atoms with E-state index in [0.717, 1.165) is 24.7 Å². The number of carbonyl (C=O) groups excluding carboxylic acids is 1. The summed E-state index contributed by atoms with van der Waals surface area (Å²) in [5.74, 6) is 4.60. The lowest BCUT2D eigenvalue weighted by atomic mass is 9.43. The molecule has 0 radical (unpaired) electrons. The first-order chi connectivity index (χ1) is 13.7. The highest BCUT2D eigenvalue weighted by molar-refractivity contribution is 5.69. The van der Waals surface area contributed by atoms with Crippen LogP contribution < -0.4 is 0 Å². The topological polar surface area (TPSA) is 46.5 Å². The Morgan fingerprint density at radius 1 is 1.07 bits per heavy atom. The van der Waals surface area contributed by atoms with Gasteiger partial charge in [0.2, 0.25) is 0 Å². The fraction of sp³-hybridized carbons (Fsp3) is 0.962. The molecule has 0 amide bonds. The quantitative estimate of drug-likeness (QED) is 0.599. The zero-order chi connectivity index (χ0) is 21.0. The Bertz CT molecular complexity index is 617. The second-order valence-electron chi connectivity index (χ2n) is 12.0. The van der Waals surface area contributed by atoms with E-state index in [9.17, 15) is 9.90 Å². The number of hydrogen-bond acceptors (Lipinski definition) is 3. The molecule has 4 saturated carbocycles. The van der Waals surface area contributed by atoms with Crippen LogP contribution >= 0.6 is 0 Å². The van der Waals surface area contributed by atoms with Gasteiger partial charge >= 0.3 is 5.97 Å². The fourth-order valence-electron chi connectivity index (χ4n) is 9.06. The van der Waals surface area contributed by atoms with Crippen molar-refractivity contribution in [3.63, 3.8) is 0 Å². The summed E-state index contributed by atoms with van der Waals surface area (Å²) >= 11 is 0. The monoisotopic (exact) mass is 404 g/mol. The summed E-state index contributed by atoms with van der Waals surface area (Å²) in [5, 5.41) is 11.4. The first-order valence-corrected chi connectivity index (χ1v) is 12.5.